The maximum absolute atomic E-state index is 13.7. The summed E-state index contributed by atoms with van der Waals surface area (Å²) in [5.74, 6) is 0.698. The zero-order valence-electron chi connectivity index (χ0n) is 25.3. The number of aryl methyl sites for hydroxylation is 1. The maximum atomic E-state index is 13.7. The molecule has 0 unspecified atom stereocenters. The molecule has 2 aromatic rings. The van der Waals surface area contributed by atoms with Gasteiger partial charge in [0.1, 0.15) is 5.15 Å². The summed E-state index contributed by atoms with van der Waals surface area (Å²) < 4.78 is 5.27. The summed E-state index contributed by atoms with van der Waals surface area (Å²) in [6.07, 6.45) is 8.41. The molecule has 1 saturated heterocycles. The zero-order valence-corrected chi connectivity index (χ0v) is 26.1. The van der Waals surface area contributed by atoms with Crippen molar-refractivity contribution in [2.75, 3.05) is 40.3 Å². The summed E-state index contributed by atoms with van der Waals surface area (Å²) in [5, 5.41) is 18.8. The van der Waals surface area contributed by atoms with E-state index in [1.807, 2.05) is 30.1 Å². The van der Waals surface area contributed by atoms with Gasteiger partial charge in [0.15, 0.2) is 0 Å². The van der Waals surface area contributed by atoms with Crippen molar-refractivity contribution in [2.24, 2.45) is 17.8 Å². The standard InChI is InChI=1S/C33H47ClN4O4/c1-4-23-8-5-9-26(20-23)29-28(15-17-37-30(29)34)33(41,16-7-19-42-32(40)36-3)27-10-6-18-38(22-27)31(39)25-13-11-24(12-14-25)21-35-2/h5,8-9,15,17,20,24-25,27,35,41H,4,6-7,10-14,16,18-19,21-22H2,1-3H3,(H,36,40)/t24?,25?,27-,33+/m1/s1. The van der Waals surface area contributed by atoms with Crippen LogP contribution in [0.25, 0.3) is 11.1 Å². The minimum absolute atomic E-state index is 0.0496. The van der Waals surface area contributed by atoms with Gasteiger partial charge in [0.2, 0.25) is 5.91 Å². The predicted octanol–water partition coefficient (Wildman–Crippen LogP) is 5.55. The van der Waals surface area contributed by atoms with Crippen LogP contribution in [0.4, 0.5) is 4.79 Å². The first-order valence-electron chi connectivity index (χ1n) is 15.5. The predicted molar refractivity (Wildman–Crippen MR) is 166 cm³/mol. The Hall–Kier alpha value is -2.68. The number of alkyl carbamates (subject to hydrolysis) is 1. The van der Waals surface area contributed by atoms with Crippen molar-refractivity contribution in [3.05, 3.63) is 52.8 Å². The molecule has 0 spiro atoms. The number of aliphatic hydroxyl groups is 1. The molecule has 8 nitrogen and oxygen atoms in total. The molecule has 1 aliphatic carbocycles. The Labute approximate surface area is 255 Å². The first-order chi connectivity index (χ1) is 20.3. The van der Waals surface area contributed by atoms with Crippen LogP contribution < -0.4 is 10.6 Å². The lowest BCUT2D eigenvalue weighted by molar-refractivity contribution is -0.142. The molecule has 1 aromatic heterocycles. The average Bonchev–Trinajstić information content (AvgIpc) is 3.03. The van der Waals surface area contributed by atoms with Crippen molar-refractivity contribution in [2.45, 2.75) is 70.3 Å². The number of amides is 2. The van der Waals surface area contributed by atoms with E-state index in [-0.39, 0.29) is 24.3 Å². The molecule has 0 bridgehead atoms. The molecule has 0 radical (unpaired) electrons. The van der Waals surface area contributed by atoms with Gasteiger partial charge >= 0.3 is 6.09 Å². The fraction of sp³-hybridized carbons (Fsp3) is 0.606. The third-order valence-corrected chi connectivity index (χ3v) is 9.52. The van der Waals surface area contributed by atoms with Crippen LogP contribution >= 0.6 is 11.6 Å². The Kier molecular flexibility index (Phi) is 11.6. The van der Waals surface area contributed by atoms with Crippen LogP contribution in [0.15, 0.2) is 36.5 Å². The summed E-state index contributed by atoms with van der Waals surface area (Å²) >= 11 is 6.77. The highest BCUT2D eigenvalue weighted by atomic mass is 35.5. The first kappa shape index (κ1) is 32.2. The Morgan fingerprint density at radius 2 is 1.95 bits per heavy atom. The Bertz CT molecular complexity index is 1200. The topological polar surface area (TPSA) is 104 Å². The highest BCUT2D eigenvalue weighted by molar-refractivity contribution is 6.32. The summed E-state index contributed by atoms with van der Waals surface area (Å²) in [7, 11) is 3.51. The molecule has 2 amide bonds. The van der Waals surface area contributed by atoms with Crippen LogP contribution in [-0.4, -0.2) is 67.3 Å². The van der Waals surface area contributed by atoms with Crippen LogP contribution in [0, 0.1) is 17.8 Å². The SMILES string of the molecule is CCc1cccc(-c2c([C@](O)(CCCOC(=O)NC)[C@@H]3CCCN(C(=O)C4CCC(CNC)CC4)C3)ccnc2Cl)c1. The van der Waals surface area contributed by atoms with Gasteiger partial charge in [-0.25, -0.2) is 9.78 Å². The lowest BCUT2D eigenvalue weighted by Crippen LogP contribution is -2.50. The molecule has 230 valence electrons. The molecule has 42 heavy (non-hydrogen) atoms. The molecule has 1 aromatic carbocycles. The van der Waals surface area contributed by atoms with E-state index in [9.17, 15) is 14.7 Å². The van der Waals surface area contributed by atoms with E-state index < -0.39 is 11.7 Å². The fourth-order valence-electron chi connectivity index (χ4n) is 6.88. The number of halogens is 1. The van der Waals surface area contributed by atoms with Crippen LogP contribution in [0.3, 0.4) is 0 Å². The van der Waals surface area contributed by atoms with Gasteiger partial charge in [0.05, 0.1) is 12.2 Å². The highest BCUT2D eigenvalue weighted by Crippen LogP contribution is 2.45. The number of pyridine rings is 1. The average molecular weight is 599 g/mol. The van der Waals surface area contributed by atoms with Crippen molar-refractivity contribution in [3.8, 4) is 11.1 Å². The summed E-state index contributed by atoms with van der Waals surface area (Å²) in [6.45, 7) is 4.48. The zero-order chi connectivity index (χ0) is 30.1. The number of hydrogen-bond donors (Lipinski definition) is 3. The molecular weight excluding hydrogens is 552 g/mol. The summed E-state index contributed by atoms with van der Waals surface area (Å²) in [5.41, 5.74) is 2.20. The number of hydrogen-bond acceptors (Lipinski definition) is 6. The normalized spacial score (nSPS) is 22.3. The second-order valence-corrected chi connectivity index (χ2v) is 12.2. The van der Waals surface area contributed by atoms with Crippen molar-refractivity contribution >= 4 is 23.6 Å². The molecule has 1 saturated carbocycles. The number of carbonyl (C=O) groups excluding carboxylic acids is 2. The van der Waals surface area contributed by atoms with Gasteiger partial charge in [-0.05, 0) is 100 Å². The van der Waals surface area contributed by atoms with Crippen molar-refractivity contribution in [3.63, 3.8) is 0 Å². The number of benzene rings is 1. The van der Waals surface area contributed by atoms with Gasteiger partial charge in [-0.3, -0.25) is 4.79 Å². The molecule has 2 fully saturated rings. The molecule has 3 N–H and O–H groups in total. The number of nitrogens with one attached hydrogen (secondary N) is 2. The second-order valence-electron chi connectivity index (χ2n) is 11.9. The number of piperidine rings is 1. The fourth-order valence-corrected chi connectivity index (χ4v) is 7.15. The number of nitrogens with zero attached hydrogens (tertiary/aromatic N) is 2. The summed E-state index contributed by atoms with van der Waals surface area (Å²) in [4.78, 5) is 31.8. The molecule has 4 rings (SSSR count). The van der Waals surface area contributed by atoms with E-state index in [2.05, 4.69) is 34.7 Å². The van der Waals surface area contributed by atoms with Gasteiger partial charge in [-0.15, -0.1) is 0 Å². The number of rotatable bonds is 11. The molecule has 1 aliphatic heterocycles. The molecule has 9 heteroatoms. The lowest BCUT2D eigenvalue weighted by Gasteiger charge is -2.44. The van der Waals surface area contributed by atoms with Crippen molar-refractivity contribution in [1.82, 2.24) is 20.5 Å². The van der Waals surface area contributed by atoms with Crippen LogP contribution in [0.1, 0.15) is 69.4 Å². The van der Waals surface area contributed by atoms with E-state index in [1.54, 1.807) is 6.20 Å². The Morgan fingerprint density at radius 3 is 2.67 bits per heavy atom. The van der Waals surface area contributed by atoms with Gasteiger partial charge in [-0.2, -0.15) is 0 Å². The van der Waals surface area contributed by atoms with Gasteiger partial charge < -0.3 is 25.4 Å². The Balaban J connectivity index is 1.63. The maximum Gasteiger partial charge on any atom is 0.406 e. The van der Waals surface area contributed by atoms with E-state index in [1.165, 1.54) is 12.6 Å². The van der Waals surface area contributed by atoms with E-state index >= 15 is 0 Å². The summed E-state index contributed by atoms with van der Waals surface area (Å²) in [6, 6.07) is 10.0. The molecular formula is C33H47ClN4O4. The van der Waals surface area contributed by atoms with Crippen molar-refractivity contribution < 1.29 is 19.4 Å². The lowest BCUT2D eigenvalue weighted by atomic mass is 9.72. The number of ether oxygens (including phenoxy) is 1. The van der Waals surface area contributed by atoms with E-state index in [4.69, 9.17) is 16.3 Å². The van der Waals surface area contributed by atoms with Gasteiger partial charge in [0.25, 0.3) is 0 Å². The number of carbonyl (C=O) groups is 2. The van der Waals surface area contributed by atoms with Crippen LogP contribution in [0.2, 0.25) is 5.15 Å². The third-order valence-electron chi connectivity index (χ3n) is 9.23. The Morgan fingerprint density at radius 1 is 1.17 bits per heavy atom. The first-order valence-corrected chi connectivity index (χ1v) is 15.9. The van der Waals surface area contributed by atoms with Gasteiger partial charge in [0, 0.05) is 43.7 Å². The largest absolute Gasteiger partial charge is 0.450 e. The van der Waals surface area contributed by atoms with Crippen LogP contribution in [-0.2, 0) is 21.6 Å². The smallest absolute Gasteiger partial charge is 0.406 e. The third kappa shape index (κ3) is 7.63. The minimum Gasteiger partial charge on any atom is -0.450 e. The second kappa shape index (κ2) is 15.2. The van der Waals surface area contributed by atoms with E-state index in [0.717, 1.165) is 62.6 Å². The monoisotopic (exact) mass is 598 g/mol. The highest BCUT2D eigenvalue weighted by Gasteiger charge is 2.44. The quantitative estimate of drug-likeness (QED) is 0.231. The molecule has 2 heterocycles. The van der Waals surface area contributed by atoms with E-state index in [0.29, 0.717) is 42.6 Å². The number of likely N-dealkylation sites (tertiary alicyclic amines) is 1. The number of aromatic nitrogens is 1. The van der Waals surface area contributed by atoms with Crippen LogP contribution in [0.5, 0.6) is 0 Å². The molecule has 2 atom stereocenters. The van der Waals surface area contributed by atoms with Gasteiger partial charge in [-0.1, -0.05) is 42.8 Å². The minimum atomic E-state index is -1.31. The van der Waals surface area contributed by atoms with Crippen molar-refractivity contribution in [1.29, 1.82) is 0 Å². The molecule has 2 aliphatic rings.